The van der Waals surface area contributed by atoms with Gasteiger partial charge < -0.3 is 4.74 Å². The van der Waals surface area contributed by atoms with E-state index in [9.17, 15) is 0 Å². The SMILES string of the molecule is COc1csc(C(Cl)Cc2cccs2)c1. The van der Waals surface area contributed by atoms with Gasteiger partial charge in [0.1, 0.15) is 5.75 Å². The second-order valence-electron chi connectivity index (χ2n) is 3.14. The molecule has 80 valence electrons. The molecule has 0 saturated carbocycles. The Hall–Kier alpha value is -0.510. The monoisotopic (exact) mass is 258 g/mol. The zero-order chi connectivity index (χ0) is 10.7. The Bertz CT molecular complexity index is 408. The van der Waals surface area contributed by atoms with Crippen LogP contribution in [-0.4, -0.2) is 7.11 Å². The molecule has 1 nitrogen and oxygen atoms in total. The maximum atomic E-state index is 6.33. The molecule has 0 fully saturated rings. The maximum absolute atomic E-state index is 6.33. The Labute approximate surface area is 102 Å². The summed E-state index contributed by atoms with van der Waals surface area (Å²) in [4.78, 5) is 2.49. The first-order chi connectivity index (χ1) is 7.29. The van der Waals surface area contributed by atoms with Crippen LogP contribution in [0.4, 0.5) is 0 Å². The predicted molar refractivity (Wildman–Crippen MR) is 67.5 cm³/mol. The van der Waals surface area contributed by atoms with Gasteiger partial charge in [-0.25, -0.2) is 0 Å². The van der Waals surface area contributed by atoms with E-state index in [4.69, 9.17) is 16.3 Å². The second-order valence-corrected chi connectivity index (χ2v) is 5.64. The Balaban J connectivity index is 2.04. The number of alkyl halides is 1. The fourth-order valence-corrected chi connectivity index (χ4v) is 3.37. The van der Waals surface area contributed by atoms with Crippen molar-refractivity contribution in [1.29, 1.82) is 0 Å². The van der Waals surface area contributed by atoms with E-state index >= 15 is 0 Å². The first kappa shape index (κ1) is 11.0. The lowest BCUT2D eigenvalue weighted by Crippen LogP contribution is -1.90. The number of hydrogen-bond donors (Lipinski definition) is 0. The van der Waals surface area contributed by atoms with E-state index in [1.165, 1.54) is 9.75 Å². The van der Waals surface area contributed by atoms with Crippen molar-refractivity contribution >= 4 is 34.3 Å². The van der Waals surface area contributed by atoms with Crippen molar-refractivity contribution in [1.82, 2.24) is 0 Å². The minimum atomic E-state index is 0.0533. The van der Waals surface area contributed by atoms with Gasteiger partial charge in [0, 0.05) is 21.6 Å². The molecule has 0 aliphatic rings. The maximum Gasteiger partial charge on any atom is 0.129 e. The Morgan fingerprint density at radius 1 is 1.47 bits per heavy atom. The summed E-state index contributed by atoms with van der Waals surface area (Å²) in [6, 6.07) is 6.18. The molecule has 0 aromatic carbocycles. The minimum absolute atomic E-state index is 0.0533. The number of thiophene rings is 2. The highest BCUT2D eigenvalue weighted by Gasteiger charge is 2.12. The Morgan fingerprint density at radius 2 is 2.33 bits per heavy atom. The van der Waals surface area contributed by atoms with Crippen LogP contribution in [0, 0.1) is 0 Å². The van der Waals surface area contributed by atoms with Gasteiger partial charge in [-0.2, -0.15) is 0 Å². The van der Waals surface area contributed by atoms with Gasteiger partial charge in [-0.3, -0.25) is 0 Å². The molecule has 0 bridgehead atoms. The van der Waals surface area contributed by atoms with E-state index in [1.54, 1.807) is 29.8 Å². The minimum Gasteiger partial charge on any atom is -0.496 e. The lowest BCUT2D eigenvalue weighted by molar-refractivity contribution is 0.416. The zero-order valence-corrected chi connectivity index (χ0v) is 10.7. The molecule has 0 amide bonds. The molecule has 0 saturated heterocycles. The van der Waals surface area contributed by atoms with Crippen LogP contribution in [0.3, 0.4) is 0 Å². The Morgan fingerprint density at radius 3 is 2.93 bits per heavy atom. The molecule has 4 heteroatoms. The molecule has 1 unspecified atom stereocenters. The molecular weight excluding hydrogens is 248 g/mol. The summed E-state index contributed by atoms with van der Waals surface area (Å²) in [6.07, 6.45) is 0.892. The van der Waals surface area contributed by atoms with Gasteiger partial charge in [0.2, 0.25) is 0 Å². The fraction of sp³-hybridized carbons (Fsp3) is 0.273. The van der Waals surface area contributed by atoms with Crippen molar-refractivity contribution in [3.8, 4) is 5.75 Å². The number of rotatable bonds is 4. The molecule has 0 spiro atoms. The van der Waals surface area contributed by atoms with Gasteiger partial charge in [-0.15, -0.1) is 34.3 Å². The molecule has 1 atom stereocenters. The first-order valence-electron chi connectivity index (χ1n) is 4.58. The highest BCUT2D eigenvalue weighted by Crippen LogP contribution is 2.33. The van der Waals surface area contributed by atoms with Crippen molar-refractivity contribution < 1.29 is 4.74 Å². The van der Waals surface area contributed by atoms with Crippen molar-refractivity contribution in [2.24, 2.45) is 0 Å². The molecule has 2 aromatic heterocycles. The molecule has 0 aliphatic carbocycles. The Kier molecular flexibility index (Phi) is 3.67. The summed E-state index contributed by atoms with van der Waals surface area (Å²) in [5.74, 6) is 0.895. The highest BCUT2D eigenvalue weighted by atomic mass is 35.5. The van der Waals surface area contributed by atoms with E-state index in [2.05, 4.69) is 17.5 Å². The van der Waals surface area contributed by atoms with Crippen LogP contribution >= 0.6 is 34.3 Å². The largest absolute Gasteiger partial charge is 0.496 e. The van der Waals surface area contributed by atoms with Crippen molar-refractivity contribution in [3.05, 3.63) is 38.7 Å². The smallest absolute Gasteiger partial charge is 0.129 e. The van der Waals surface area contributed by atoms with Crippen LogP contribution in [0.5, 0.6) is 5.75 Å². The van der Waals surface area contributed by atoms with Gasteiger partial charge in [0.15, 0.2) is 0 Å². The van der Waals surface area contributed by atoms with E-state index in [0.29, 0.717) is 0 Å². The van der Waals surface area contributed by atoms with E-state index < -0.39 is 0 Å². The van der Waals surface area contributed by atoms with E-state index in [1.807, 2.05) is 11.4 Å². The number of ether oxygens (including phenoxy) is 1. The van der Waals surface area contributed by atoms with Gasteiger partial charge >= 0.3 is 0 Å². The lowest BCUT2D eigenvalue weighted by Gasteiger charge is -2.04. The van der Waals surface area contributed by atoms with Gasteiger partial charge in [-0.05, 0) is 17.5 Å². The number of methoxy groups -OCH3 is 1. The molecule has 0 aliphatic heterocycles. The first-order valence-corrected chi connectivity index (χ1v) is 6.78. The van der Waals surface area contributed by atoms with Gasteiger partial charge in [0.05, 0.1) is 12.5 Å². The molecule has 0 N–H and O–H groups in total. The van der Waals surface area contributed by atoms with Crippen LogP contribution in [0.2, 0.25) is 0 Å². The number of hydrogen-bond acceptors (Lipinski definition) is 3. The standard InChI is InChI=1S/C11H11ClOS2/c1-13-8-5-11(15-7-8)10(12)6-9-3-2-4-14-9/h2-5,7,10H,6H2,1H3. The summed E-state index contributed by atoms with van der Waals surface area (Å²) in [7, 11) is 1.67. The second kappa shape index (κ2) is 5.01. The third kappa shape index (κ3) is 2.74. The van der Waals surface area contributed by atoms with Crippen LogP contribution in [0.15, 0.2) is 29.0 Å². The summed E-state index contributed by atoms with van der Waals surface area (Å²) >= 11 is 9.73. The summed E-state index contributed by atoms with van der Waals surface area (Å²) in [5, 5.41) is 4.12. The van der Waals surface area contributed by atoms with Crippen molar-refractivity contribution in [3.63, 3.8) is 0 Å². The van der Waals surface area contributed by atoms with Crippen molar-refractivity contribution in [2.75, 3.05) is 7.11 Å². The predicted octanol–water partition coefficient (Wildman–Crippen LogP) is 4.34. The topological polar surface area (TPSA) is 9.23 Å². The quantitative estimate of drug-likeness (QED) is 0.742. The molecule has 2 aromatic rings. The van der Waals surface area contributed by atoms with E-state index in [0.717, 1.165) is 12.2 Å². The zero-order valence-electron chi connectivity index (χ0n) is 8.27. The third-order valence-electron chi connectivity index (χ3n) is 2.10. The fourth-order valence-electron chi connectivity index (χ4n) is 1.31. The van der Waals surface area contributed by atoms with Crippen LogP contribution < -0.4 is 4.74 Å². The van der Waals surface area contributed by atoms with Gasteiger partial charge in [0.25, 0.3) is 0 Å². The molecule has 15 heavy (non-hydrogen) atoms. The van der Waals surface area contributed by atoms with Crippen LogP contribution in [0.25, 0.3) is 0 Å². The molecule has 0 radical (unpaired) electrons. The number of halogens is 1. The molecular formula is C11H11ClOS2. The third-order valence-corrected chi connectivity index (χ3v) is 4.54. The van der Waals surface area contributed by atoms with Gasteiger partial charge in [-0.1, -0.05) is 6.07 Å². The average Bonchev–Trinajstić information content (AvgIpc) is 2.86. The van der Waals surface area contributed by atoms with E-state index in [-0.39, 0.29) is 5.38 Å². The summed E-state index contributed by atoms with van der Waals surface area (Å²) < 4.78 is 5.13. The van der Waals surface area contributed by atoms with Crippen LogP contribution in [-0.2, 0) is 6.42 Å². The normalized spacial score (nSPS) is 12.7. The van der Waals surface area contributed by atoms with Crippen molar-refractivity contribution in [2.45, 2.75) is 11.8 Å². The lowest BCUT2D eigenvalue weighted by atomic mass is 10.2. The summed E-state index contributed by atoms with van der Waals surface area (Å²) in [5.41, 5.74) is 0. The molecule has 2 rings (SSSR count). The average molecular weight is 259 g/mol. The molecule has 2 heterocycles. The highest BCUT2D eigenvalue weighted by molar-refractivity contribution is 7.11. The summed E-state index contributed by atoms with van der Waals surface area (Å²) in [6.45, 7) is 0. The van der Waals surface area contributed by atoms with Crippen LogP contribution in [0.1, 0.15) is 15.1 Å².